The van der Waals surface area contributed by atoms with Crippen LogP contribution in [0.25, 0.3) is 0 Å². The molecule has 0 aliphatic carbocycles. The Morgan fingerprint density at radius 2 is 0.870 bits per heavy atom. The number of hydrogen-bond donors (Lipinski definition) is 0. The summed E-state index contributed by atoms with van der Waals surface area (Å²) in [5.74, 6) is 0.929. The number of hydrogen-bond acceptors (Lipinski definition) is 2. The molecular formula is C20H42MgO2. The SMILES string of the molecule is CCCCCC(C[O-])CCC.CCCCCC(C[O-])CCC.[Mg+2]. The second kappa shape index (κ2) is 24.9. The molecule has 0 aromatic carbocycles. The van der Waals surface area contributed by atoms with Crippen molar-refractivity contribution >= 4 is 23.1 Å². The van der Waals surface area contributed by atoms with Gasteiger partial charge in [-0.25, -0.2) is 0 Å². The van der Waals surface area contributed by atoms with Crippen molar-refractivity contribution in [3.63, 3.8) is 0 Å². The molecule has 0 saturated heterocycles. The maximum Gasteiger partial charge on any atom is 2.00 e. The Hall–Kier alpha value is 0.686. The van der Waals surface area contributed by atoms with E-state index in [-0.39, 0.29) is 36.3 Å². The fourth-order valence-electron chi connectivity index (χ4n) is 2.80. The van der Waals surface area contributed by atoms with E-state index in [9.17, 15) is 10.2 Å². The molecule has 2 nitrogen and oxygen atoms in total. The van der Waals surface area contributed by atoms with Crippen molar-refractivity contribution in [2.24, 2.45) is 11.8 Å². The van der Waals surface area contributed by atoms with Gasteiger partial charge in [0.2, 0.25) is 0 Å². The maximum atomic E-state index is 10.6. The summed E-state index contributed by atoms with van der Waals surface area (Å²) in [4.78, 5) is 0. The summed E-state index contributed by atoms with van der Waals surface area (Å²) in [6, 6.07) is 0. The van der Waals surface area contributed by atoms with Crippen LogP contribution in [0, 0.1) is 11.8 Å². The summed E-state index contributed by atoms with van der Waals surface area (Å²) in [6.07, 6.45) is 14.5. The summed E-state index contributed by atoms with van der Waals surface area (Å²) in [7, 11) is 0. The Morgan fingerprint density at radius 1 is 0.522 bits per heavy atom. The summed E-state index contributed by atoms with van der Waals surface area (Å²) in [5.41, 5.74) is 0. The molecule has 0 fully saturated rings. The van der Waals surface area contributed by atoms with Gasteiger partial charge in [0.05, 0.1) is 0 Å². The molecule has 2 unspecified atom stereocenters. The summed E-state index contributed by atoms with van der Waals surface area (Å²) >= 11 is 0. The zero-order valence-electron chi connectivity index (χ0n) is 16.6. The molecule has 2 atom stereocenters. The third kappa shape index (κ3) is 22.7. The maximum absolute atomic E-state index is 10.6. The first-order valence-corrected chi connectivity index (χ1v) is 9.86. The average molecular weight is 339 g/mol. The van der Waals surface area contributed by atoms with E-state index in [0.29, 0.717) is 11.8 Å². The van der Waals surface area contributed by atoms with Gasteiger partial charge >= 0.3 is 23.1 Å². The molecule has 0 aromatic rings. The van der Waals surface area contributed by atoms with E-state index in [1.54, 1.807) is 0 Å². The fraction of sp³-hybridized carbons (Fsp3) is 1.00. The van der Waals surface area contributed by atoms with Crippen molar-refractivity contribution in [3.8, 4) is 0 Å². The first-order valence-electron chi connectivity index (χ1n) is 9.86. The van der Waals surface area contributed by atoms with Crippen molar-refractivity contribution in [1.29, 1.82) is 0 Å². The van der Waals surface area contributed by atoms with Gasteiger partial charge in [-0.1, -0.05) is 117 Å². The normalized spacial score (nSPS) is 12.8. The van der Waals surface area contributed by atoms with Crippen LogP contribution in [0.5, 0.6) is 0 Å². The van der Waals surface area contributed by atoms with Gasteiger partial charge in [0, 0.05) is 0 Å². The molecule has 0 aliphatic heterocycles. The third-order valence-corrected chi connectivity index (χ3v) is 4.30. The second-order valence-electron chi connectivity index (χ2n) is 6.63. The van der Waals surface area contributed by atoms with E-state index in [1.807, 2.05) is 0 Å². The van der Waals surface area contributed by atoms with Crippen LogP contribution in [0.1, 0.15) is 105 Å². The van der Waals surface area contributed by atoms with Gasteiger partial charge in [-0.3, -0.25) is 0 Å². The molecule has 0 rings (SSSR count). The smallest absolute Gasteiger partial charge is 0.854 e. The van der Waals surface area contributed by atoms with Gasteiger partial charge in [0.1, 0.15) is 0 Å². The molecule has 0 aromatic heterocycles. The van der Waals surface area contributed by atoms with Gasteiger partial charge in [-0.15, -0.1) is 13.2 Å². The summed E-state index contributed by atoms with van der Waals surface area (Å²) < 4.78 is 0. The minimum absolute atomic E-state index is 0. The van der Waals surface area contributed by atoms with Crippen molar-refractivity contribution in [3.05, 3.63) is 0 Å². The molecule has 0 bridgehead atoms. The molecule has 0 N–H and O–H groups in total. The van der Waals surface area contributed by atoms with Crippen molar-refractivity contribution in [2.45, 2.75) is 105 Å². The average Bonchev–Trinajstić information content (AvgIpc) is 2.54. The molecule has 3 heteroatoms. The van der Waals surface area contributed by atoms with E-state index in [4.69, 9.17) is 0 Å². The van der Waals surface area contributed by atoms with Crippen LogP contribution in [-0.2, 0) is 0 Å². The van der Waals surface area contributed by atoms with Crippen LogP contribution < -0.4 is 10.2 Å². The number of rotatable bonds is 14. The van der Waals surface area contributed by atoms with E-state index in [0.717, 1.165) is 25.7 Å². The van der Waals surface area contributed by atoms with E-state index >= 15 is 0 Å². The first kappa shape index (κ1) is 28.5. The Balaban J connectivity index is -0.000000333. The molecule has 0 aliphatic rings. The van der Waals surface area contributed by atoms with E-state index in [1.165, 1.54) is 51.4 Å². The molecule has 0 heterocycles. The fourth-order valence-corrected chi connectivity index (χ4v) is 2.80. The zero-order chi connectivity index (χ0) is 17.1. The van der Waals surface area contributed by atoms with Crippen molar-refractivity contribution < 1.29 is 10.2 Å². The quantitative estimate of drug-likeness (QED) is 0.350. The van der Waals surface area contributed by atoms with Crippen LogP contribution in [0.2, 0.25) is 0 Å². The molecule has 0 amide bonds. The Bertz CT molecular complexity index is 168. The third-order valence-electron chi connectivity index (χ3n) is 4.30. The second-order valence-corrected chi connectivity index (χ2v) is 6.63. The van der Waals surface area contributed by atoms with Gasteiger partial charge in [0.25, 0.3) is 0 Å². The van der Waals surface area contributed by atoms with Crippen molar-refractivity contribution in [1.82, 2.24) is 0 Å². The standard InChI is InChI=1S/2C10H21O.Mg/c2*1-3-5-6-8-10(9-11)7-4-2;/h2*10H,3-9H2,1-2H3;/q2*-1;+2. The van der Waals surface area contributed by atoms with Gasteiger partial charge in [0.15, 0.2) is 0 Å². The zero-order valence-corrected chi connectivity index (χ0v) is 18.0. The van der Waals surface area contributed by atoms with Gasteiger partial charge < -0.3 is 10.2 Å². The molecule has 0 saturated carbocycles. The van der Waals surface area contributed by atoms with Crippen LogP contribution in [0.3, 0.4) is 0 Å². The Morgan fingerprint density at radius 3 is 1.09 bits per heavy atom. The largest absolute Gasteiger partial charge is 2.00 e. The monoisotopic (exact) mass is 338 g/mol. The first-order chi connectivity index (χ1) is 10.7. The topological polar surface area (TPSA) is 46.1 Å². The molecular weight excluding hydrogens is 297 g/mol. The summed E-state index contributed by atoms with van der Waals surface area (Å²) in [6.45, 7) is 8.98. The minimum atomic E-state index is 0. The minimum Gasteiger partial charge on any atom is -0.854 e. The van der Waals surface area contributed by atoms with E-state index in [2.05, 4.69) is 27.7 Å². The predicted octanol–water partition coefficient (Wildman–Crippen LogP) is 4.31. The van der Waals surface area contributed by atoms with Crippen LogP contribution in [-0.4, -0.2) is 36.3 Å². The Kier molecular flexibility index (Phi) is 30.9. The van der Waals surface area contributed by atoms with Crippen LogP contribution in [0.15, 0.2) is 0 Å². The summed E-state index contributed by atoms with van der Waals surface area (Å²) in [5, 5.41) is 21.2. The van der Waals surface area contributed by atoms with Gasteiger partial charge in [-0.05, 0) is 0 Å². The van der Waals surface area contributed by atoms with Gasteiger partial charge in [-0.2, -0.15) is 0 Å². The van der Waals surface area contributed by atoms with Crippen LogP contribution >= 0.6 is 0 Å². The number of unbranched alkanes of at least 4 members (excludes halogenated alkanes) is 4. The van der Waals surface area contributed by atoms with Crippen molar-refractivity contribution in [2.75, 3.05) is 13.2 Å². The van der Waals surface area contributed by atoms with Crippen LogP contribution in [0.4, 0.5) is 0 Å². The molecule has 0 spiro atoms. The molecule has 23 heavy (non-hydrogen) atoms. The van der Waals surface area contributed by atoms with E-state index < -0.39 is 0 Å². The molecule has 0 radical (unpaired) electrons. The predicted molar refractivity (Wildman–Crippen MR) is 101 cm³/mol. The molecule has 136 valence electrons. The Labute approximate surface area is 163 Å².